The minimum atomic E-state index is -0.517. The molecule has 94 valence electrons. The van der Waals surface area contributed by atoms with E-state index in [1.54, 1.807) is 0 Å². The van der Waals surface area contributed by atoms with Crippen molar-refractivity contribution >= 4 is 11.6 Å². The Kier molecular flexibility index (Phi) is 3.64. The fourth-order valence-electron chi connectivity index (χ4n) is 2.21. The van der Waals surface area contributed by atoms with Crippen LogP contribution in [-0.2, 0) is 0 Å². The average Bonchev–Trinajstić information content (AvgIpc) is 2.25. The van der Waals surface area contributed by atoms with Crippen LogP contribution in [0.25, 0.3) is 0 Å². The van der Waals surface area contributed by atoms with Crippen LogP contribution in [0.1, 0.15) is 38.2 Å². The van der Waals surface area contributed by atoms with Crippen molar-refractivity contribution in [3.63, 3.8) is 0 Å². The zero-order valence-electron chi connectivity index (χ0n) is 10.4. The molecule has 0 amide bonds. The number of benzene rings is 1. The van der Waals surface area contributed by atoms with Gasteiger partial charge in [-0.25, -0.2) is 0 Å². The number of hydrogen-bond donors (Lipinski definition) is 1. The smallest absolute Gasteiger partial charge is 0.138 e. The molecular formula is C14H19ClO2. The third kappa shape index (κ3) is 3.36. The van der Waals surface area contributed by atoms with E-state index in [1.165, 1.54) is 0 Å². The summed E-state index contributed by atoms with van der Waals surface area (Å²) in [7, 11) is 0. The molecule has 1 saturated carbocycles. The molecule has 17 heavy (non-hydrogen) atoms. The summed E-state index contributed by atoms with van der Waals surface area (Å²) in [5.74, 6) is 0.754. The third-order valence-corrected chi connectivity index (χ3v) is 3.69. The first-order valence-electron chi connectivity index (χ1n) is 6.11. The summed E-state index contributed by atoms with van der Waals surface area (Å²) in [6, 6.07) is 5.83. The highest BCUT2D eigenvalue weighted by molar-refractivity contribution is 6.32. The van der Waals surface area contributed by atoms with E-state index in [1.807, 2.05) is 32.0 Å². The van der Waals surface area contributed by atoms with Crippen molar-refractivity contribution in [1.82, 2.24) is 0 Å². The van der Waals surface area contributed by atoms with Gasteiger partial charge in [0.2, 0.25) is 0 Å². The van der Waals surface area contributed by atoms with E-state index in [0.717, 1.165) is 37.0 Å². The number of rotatable bonds is 2. The van der Waals surface area contributed by atoms with Gasteiger partial charge in [0, 0.05) is 0 Å². The predicted octanol–water partition coefficient (Wildman–Crippen LogP) is 3.72. The Labute approximate surface area is 108 Å². The Morgan fingerprint density at radius 2 is 2.00 bits per heavy atom. The molecule has 0 spiro atoms. The molecule has 3 heteroatoms. The van der Waals surface area contributed by atoms with Gasteiger partial charge in [0.1, 0.15) is 5.75 Å². The van der Waals surface area contributed by atoms with Crippen LogP contribution in [0.3, 0.4) is 0 Å². The largest absolute Gasteiger partial charge is 0.489 e. The summed E-state index contributed by atoms with van der Waals surface area (Å²) in [6.45, 7) is 3.90. The Morgan fingerprint density at radius 1 is 1.35 bits per heavy atom. The molecule has 0 bridgehead atoms. The lowest BCUT2D eigenvalue weighted by Crippen LogP contribution is -2.34. The van der Waals surface area contributed by atoms with Gasteiger partial charge >= 0.3 is 0 Å². The molecule has 2 rings (SSSR count). The summed E-state index contributed by atoms with van der Waals surface area (Å²) in [5, 5.41) is 10.5. The lowest BCUT2D eigenvalue weighted by molar-refractivity contribution is -0.0108. The molecule has 1 aliphatic rings. The molecule has 0 atom stereocenters. The fraction of sp³-hybridized carbons (Fsp3) is 0.571. The molecule has 0 aromatic heterocycles. The maximum absolute atomic E-state index is 9.87. The lowest BCUT2D eigenvalue weighted by Gasteiger charge is -2.33. The minimum Gasteiger partial charge on any atom is -0.489 e. The molecule has 0 radical (unpaired) electrons. The first-order valence-corrected chi connectivity index (χ1v) is 6.49. The normalized spacial score (nSPS) is 29.1. The summed E-state index contributed by atoms with van der Waals surface area (Å²) < 4.78 is 5.89. The van der Waals surface area contributed by atoms with Crippen LogP contribution >= 0.6 is 11.6 Å². The van der Waals surface area contributed by atoms with Crippen molar-refractivity contribution in [2.24, 2.45) is 0 Å². The number of hydrogen-bond acceptors (Lipinski definition) is 2. The first kappa shape index (κ1) is 12.7. The average molecular weight is 255 g/mol. The molecule has 0 heterocycles. The molecule has 0 unspecified atom stereocenters. The number of ether oxygens (including phenoxy) is 1. The first-order chi connectivity index (χ1) is 7.96. The maximum atomic E-state index is 9.87. The summed E-state index contributed by atoms with van der Waals surface area (Å²) in [5.41, 5.74) is 0.616. The number of halogens is 1. The second-order valence-corrected chi connectivity index (χ2v) is 5.66. The maximum Gasteiger partial charge on any atom is 0.138 e. The van der Waals surface area contributed by atoms with Gasteiger partial charge in [-0.3, -0.25) is 0 Å². The van der Waals surface area contributed by atoms with E-state index in [0.29, 0.717) is 5.02 Å². The summed E-state index contributed by atoms with van der Waals surface area (Å²) >= 11 is 6.13. The highest BCUT2D eigenvalue weighted by Crippen LogP contribution is 2.33. The molecule has 1 aromatic carbocycles. The molecule has 1 N–H and O–H groups in total. The SMILES string of the molecule is Cc1ccc(OC2CCC(C)(O)CC2)c(Cl)c1. The highest BCUT2D eigenvalue weighted by Gasteiger charge is 2.29. The minimum absolute atomic E-state index is 0.176. The van der Waals surface area contributed by atoms with Crippen LogP contribution in [0, 0.1) is 6.92 Å². The van der Waals surface area contributed by atoms with Crippen molar-refractivity contribution in [3.8, 4) is 5.75 Å². The standard InChI is InChI=1S/C14H19ClO2/c1-10-3-4-13(12(15)9-10)17-11-5-7-14(2,16)8-6-11/h3-4,9,11,16H,5-8H2,1-2H3. The van der Waals surface area contributed by atoms with E-state index in [9.17, 15) is 5.11 Å². The van der Waals surface area contributed by atoms with Crippen LogP contribution in [0.5, 0.6) is 5.75 Å². The number of aryl methyl sites for hydroxylation is 1. The highest BCUT2D eigenvalue weighted by atomic mass is 35.5. The van der Waals surface area contributed by atoms with E-state index in [4.69, 9.17) is 16.3 Å². The van der Waals surface area contributed by atoms with E-state index in [-0.39, 0.29) is 6.10 Å². The lowest BCUT2D eigenvalue weighted by atomic mass is 9.85. The van der Waals surface area contributed by atoms with Gasteiger partial charge in [0.15, 0.2) is 0 Å². The Hall–Kier alpha value is -0.730. The molecule has 1 fully saturated rings. The fourth-order valence-corrected chi connectivity index (χ4v) is 2.49. The van der Waals surface area contributed by atoms with Crippen LogP contribution in [-0.4, -0.2) is 16.8 Å². The van der Waals surface area contributed by atoms with Crippen molar-refractivity contribution in [2.75, 3.05) is 0 Å². The summed E-state index contributed by atoms with van der Waals surface area (Å²) in [4.78, 5) is 0. The molecule has 1 aliphatic carbocycles. The van der Waals surface area contributed by atoms with Gasteiger partial charge in [-0.15, -0.1) is 0 Å². The van der Waals surface area contributed by atoms with Crippen LogP contribution < -0.4 is 4.74 Å². The van der Waals surface area contributed by atoms with Crippen molar-refractivity contribution in [2.45, 2.75) is 51.2 Å². The van der Waals surface area contributed by atoms with Crippen molar-refractivity contribution < 1.29 is 9.84 Å². The number of aliphatic hydroxyl groups is 1. The van der Waals surface area contributed by atoms with Crippen molar-refractivity contribution in [1.29, 1.82) is 0 Å². The van der Waals surface area contributed by atoms with Gasteiger partial charge in [-0.2, -0.15) is 0 Å². The Morgan fingerprint density at radius 3 is 2.59 bits per heavy atom. The van der Waals surface area contributed by atoms with Gasteiger partial charge < -0.3 is 9.84 Å². The van der Waals surface area contributed by atoms with Crippen LogP contribution in [0.15, 0.2) is 18.2 Å². The molecule has 1 aromatic rings. The monoisotopic (exact) mass is 254 g/mol. The summed E-state index contributed by atoms with van der Waals surface area (Å²) in [6.07, 6.45) is 3.53. The van der Waals surface area contributed by atoms with Crippen LogP contribution in [0.4, 0.5) is 0 Å². The van der Waals surface area contributed by atoms with E-state index < -0.39 is 5.60 Å². The molecule has 0 aliphatic heterocycles. The third-order valence-electron chi connectivity index (χ3n) is 3.39. The molecular weight excluding hydrogens is 236 g/mol. The van der Waals surface area contributed by atoms with Gasteiger partial charge in [-0.05, 0) is 57.2 Å². The second kappa shape index (κ2) is 4.87. The Bertz CT molecular complexity index is 391. The van der Waals surface area contributed by atoms with E-state index in [2.05, 4.69) is 0 Å². The Balaban J connectivity index is 1.98. The van der Waals surface area contributed by atoms with E-state index >= 15 is 0 Å². The van der Waals surface area contributed by atoms with Gasteiger partial charge in [0.05, 0.1) is 16.7 Å². The molecule has 0 saturated heterocycles. The zero-order valence-corrected chi connectivity index (χ0v) is 11.1. The predicted molar refractivity (Wildman–Crippen MR) is 69.7 cm³/mol. The second-order valence-electron chi connectivity index (χ2n) is 5.25. The van der Waals surface area contributed by atoms with Gasteiger partial charge in [0.25, 0.3) is 0 Å². The molecule has 2 nitrogen and oxygen atoms in total. The topological polar surface area (TPSA) is 29.5 Å². The quantitative estimate of drug-likeness (QED) is 0.872. The zero-order chi connectivity index (χ0) is 12.5. The van der Waals surface area contributed by atoms with Gasteiger partial charge in [-0.1, -0.05) is 17.7 Å². The van der Waals surface area contributed by atoms with Crippen LogP contribution in [0.2, 0.25) is 5.02 Å². The van der Waals surface area contributed by atoms with Crippen molar-refractivity contribution in [3.05, 3.63) is 28.8 Å².